The quantitative estimate of drug-likeness (QED) is 0.468. The number of hydrogen-bond acceptors (Lipinski definition) is 4. The Balaban J connectivity index is 1.77. The standard InChI is InChI=1S/C25H27N5/c1-18-14-15-22(20(3)16-18)17-29(4)24(21-11-6-5-7-12-21)25-26-27-28-30(25)23-13-9-8-10-19(23)2/h5-16,24H,17H2,1-4H3/t24-/m0/s1. The van der Waals surface area contributed by atoms with Crippen LogP contribution in [-0.2, 0) is 6.54 Å². The van der Waals surface area contributed by atoms with Gasteiger partial charge in [-0.25, -0.2) is 0 Å². The summed E-state index contributed by atoms with van der Waals surface area (Å²) in [7, 11) is 2.13. The second-order valence-corrected chi connectivity index (χ2v) is 7.89. The van der Waals surface area contributed by atoms with Crippen LogP contribution < -0.4 is 0 Å². The molecule has 1 heterocycles. The molecule has 0 aliphatic rings. The molecule has 4 aromatic rings. The predicted molar refractivity (Wildman–Crippen MR) is 120 cm³/mol. The number of benzene rings is 3. The average molecular weight is 398 g/mol. The van der Waals surface area contributed by atoms with Gasteiger partial charge in [-0.15, -0.1) is 5.10 Å². The molecule has 152 valence electrons. The highest BCUT2D eigenvalue weighted by Crippen LogP contribution is 2.29. The molecule has 0 saturated carbocycles. The summed E-state index contributed by atoms with van der Waals surface area (Å²) in [6, 6.07) is 25.2. The third-order valence-corrected chi connectivity index (χ3v) is 5.56. The van der Waals surface area contributed by atoms with Crippen molar-refractivity contribution in [1.29, 1.82) is 0 Å². The highest BCUT2D eigenvalue weighted by molar-refractivity contribution is 5.41. The normalized spacial score (nSPS) is 12.3. The van der Waals surface area contributed by atoms with Crippen molar-refractivity contribution >= 4 is 0 Å². The van der Waals surface area contributed by atoms with Crippen molar-refractivity contribution in [1.82, 2.24) is 25.1 Å². The van der Waals surface area contributed by atoms with E-state index in [0.29, 0.717) is 0 Å². The zero-order valence-electron chi connectivity index (χ0n) is 17.9. The van der Waals surface area contributed by atoms with Gasteiger partial charge >= 0.3 is 0 Å². The second-order valence-electron chi connectivity index (χ2n) is 7.89. The largest absolute Gasteiger partial charge is 0.288 e. The number of para-hydroxylation sites is 1. The van der Waals surface area contributed by atoms with Gasteiger partial charge in [0.2, 0.25) is 0 Å². The fraction of sp³-hybridized carbons (Fsp3) is 0.240. The minimum Gasteiger partial charge on any atom is -0.288 e. The minimum absolute atomic E-state index is 0.0819. The van der Waals surface area contributed by atoms with E-state index in [4.69, 9.17) is 0 Å². The van der Waals surface area contributed by atoms with Gasteiger partial charge in [0.1, 0.15) is 0 Å². The molecule has 0 fully saturated rings. The van der Waals surface area contributed by atoms with Crippen molar-refractivity contribution in [2.75, 3.05) is 7.05 Å². The second kappa shape index (κ2) is 8.59. The van der Waals surface area contributed by atoms with Gasteiger partial charge in [-0.3, -0.25) is 4.90 Å². The number of hydrogen-bond donors (Lipinski definition) is 0. The summed E-state index contributed by atoms with van der Waals surface area (Å²) < 4.78 is 1.87. The SMILES string of the molecule is Cc1ccc(CN(C)[C@@H](c2ccccc2)c2nnnn2-c2ccccc2C)c(C)c1. The van der Waals surface area contributed by atoms with Crippen LogP contribution in [-0.4, -0.2) is 32.2 Å². The average Bonchev–Trinajstić information content (AvgIpc) is 3.20. The van der Waals surface area contributed by atoms with Crippen molar-refractivity contribution in [3.63, 3.8) is 0 Å². The molecule has 0 spiro atoms. The van der Waals surface area contributed by atoms with Crippen molar-refractivity contribution < 1.29 is 0 Å². The van der Waals surface area contributed by atoms with Crippen molar-refractivity contribution in [2.24, 2.45) is 0 Å². The van der Waals surface area contributed by atoms with Gasteiger partial charge in [0, 0.05) is 6.54 Å². The molecule has 0 radical (unpaired) electrons. The first kappa shape index (κ1) is 20.0. The van der Waals surface area contributed by atoms with E-state index < -0.39 is 0 Å². The van der Waals surface area contributed by atoms with E-state index in [1.165, 1.54) is 16.7 Å². The molecule has 0 saturated heterocycles. The number of rotatable bonds is 6. The van der Waals surface area contributed by atoms with Gasteiger partial charge < -0.3 is 0 Å². The van der Waals surface area contributed by atoms with Gasteiger partial charge in [-0.05, 0) is 66.6 Å². The number of nitrogens with zero attached hydrogens (tertiary/aromatic N) is 5. The van der Waals surface area contributed by atoms with Crippen LogP contribution in [0.3, 0.4) is 0 Å². The fourth-order valence-electron chi connectivity index (χ4n) is 3.96. The molecule has 5 nitrogen and oxygen atoms in total. The van der Waals surface area contributed by atoms with Crippen LogP contribution in [0.2, 0.25) is 0 Å². The highest BCUT2D eigenvalue weighted by atomic mass is 15.6. The van der Waals surface area contributed by atoms with E-state index in [-0.39, 0.29) is 6.04 Å². The molecule has 0 unspecified atom stereocenters. The van der Waals surface area contributed by atoms with Crippen LogP contribution in [0.4, 0.5) is 0 Å². The van der Waals surface area contributed by atoms with Crippen LogP contribution >= 0.6 is 0 Å². The van der Waals surface area contributed by atoms with Crippen molar-refractivity contribution in [3.8, 4) is 5.69 Å². The lowest BCUT2D eigenvalue weighted by Crippen LogP contribution is -2.28. The third kappa shape index (κ3) is 4.02. The lowest BCUT2D eigenvalue weighted by atomic mass is 10.0. The molecule has 0 bridgehead atoms. The maximum Gasteiger partial charge on any atom is 0.178 e. The van der Waals surface area contributed by atoms with Gasteiger partial charge in [-0.2, -0.15) is 4.68 Å². The van der Waals surface area contributed by atoms with Crippen LogP contribution in [0.25, 0.3) is 5.69 Å². The molecule has 0 amide bonds. The summed E-state index contributed by atoms with van der Waals surface area (Å²) in [6.07, 6.45) is 0. The van der Waals surface area contributed by atoms with E-state index in [2.05, 4.69) is 103 Å². The molecular formula is C25H27N5. The molecule has 0 N–H and O–H groups in total. The molecule has 0 aliphatic carbocycles. The first-order valence-corrected chi connectivity index (χ1v) is 10.2. The van der Waals surface area contributed by atoms with Crippen molar-refractivity contribution in [3.05, 3.63) is 106 Å². The topological polar surface area (TPSA) is 46.8 Å². The molecule has 1 aromatic heterocycles. The van der Waals surface area contributed by atoms with Gasteiger partial charge in [0.05, 0.1) is 11.7 Å². The summed E-state index contributed by atoms with van der Waals surface area (Å²) in [5.74, 6) is 0.808. The Kier molecular flexibility index (Phi) is 5.72. The van der Waals surface area contributed by atoms with E-state index >= 15 is 0 Å². The van der Waals surface area contributed by atoms with Gasteiger partial charge in [0.25, 0.3) is 0 Å². The van der Waals surface area contributed by atoms with Gasteiger partial charge in [-0.1, -0.05) is 72.3 Å². The van der Waals surface area contributed by atoms with Gasteiger partial charge in [0.15, 0.2) is 5.82 Å². The Bertz CT molecular complexity index is 1130. The lowest BCUT2D eigenvalue weighted by molar-refractivity contribution is 0.258. The van der Waals surface area contributed by atoms with E-state index in [9.17, 15) is 0 Å². The number of aromatic nitrogens is 4. The lowest BCUT2D eigenvalue weighted by Gasteiger charge is -2.28. The number of aryl methyl sites for hydroxylation is 3. The smallest absolute Gasteiger partial charge is 0.178 e. The van der Waals surface area contributed by atoms with E-state index in [1.807, 2.05) is 22.9 Å². The first-order chi connectivity index (χ1) is 14.5. The summed E-state index contributed by atoms with van der Waals surface area (Å²) >= 11 is 0. The Hall–Kier alpha value is -3.31. The summed E-state index contributed by atoms with van der Waals surface area (Å²) in [5.41, 5.74) is 7.18. The molecule has 3 aromatic carbocycles. The van der Waals surface area contributed by atoms with Crippen molar-refractivity contribution in [2.45, 2.75) is 33.4 Å². The summed E-state index contributed by atoms with van der Waals surface area (Å²) in [4.78, 5) is 2.31. The Morgan fingerprint density at radius 3 is 2.33 bits per heavy atom. The third-order valence-electron chi connectivity index (χ3n) is 5.56. The maximum absolute atomic E-state index is 4.47. The minimum atomic E-state index is -0.0819. The first-order valence-electron chi connectivity index (χ1n) is 10.2. The molecular weight excluding hydrogens is 370 g/mol. The van der Waals surface area contributed by atoms with Crippen LogP contribution in [0.5, 0.6) is 0 Å². The molecule has 0 aliphatic heterocycles. The number of tetrazole rings is 1. The Morgan fingerprint density at radius 2 is 1.60 bits per heavy atom. The maximum atomic E-state index is 4.47. The Labute approximate surface area is 178 Å². The zero-order chi connectivity index (χ0) is 21.1. The fourth-order valence-corrected chi connectivity index (χ4v) is 3.96. The summed E-state index contributed by atoms with van der Waals surface area (Å²) in [5, 5.41) is 12.9. The monoisotopic (exact) mass is 397 g/mol. The Morgan fingerprint density at radius 1 is 0.867 bits per heavy atom. The summed E-state index contributed by atoms with van der Waals surface area (Å²) in [6.45, 7) is 7.18. The molecule has 1 atom stereocenters. The van der Waals surface area contributed by atoms with Crippen LogP contribution in [0.15, 0.2) is 72.8 Å². The van der Waals surface area contributed by atoms with Crippen LogP contribution in [0, 0.1) is 20.8 Å². The van der Waals surface area contributed by atoms with E-state index in [0.717, 1.165) is 29.2 Å². The zero-order valence-corrected chi connectivity index (χ0v) is 17.9. The van der Waals surface area contributed by atoms with E-state index in [1.54, 1.807) is 0 Å². The van der Waals surface area contributed by atoms with Crippen LogP contribution in [0.1, 0.15) is 39.7 Å². The highest BCUT2D eigenvalue weighted by Gasteiger charge is 2.27. The predicted octanol–water partition coefficient (Wildman–Crippen LogP) is 4.81. The molecule has 30 heavy (non-hydrogen) atoms. The molecule has 5 heteroatoms. The molecule has 4 rings (SSSR count).